The lowest BCUT2D eigenvalue weighted by Gasteiger charge is -2.21. The first-order chi connectivity index (χ1) is 13.8. The molecule has 28 heavy (non-hydrogen) atoms. The van der Waals surface area contributed by atoms with E-state index in [-0.39, 0.29) is 5.91 Å². The molecule has 1 fully saturated rings. The first-order valence-corrected chi connectivity index (χ1v) is 10.5. The van der Waals surface area contributed by atoms with Crippen molar-refractivity contribution in [2.75, 3.05) is 36.4 Å². The van der Waals surface area contributed by atoms with Gasteiger partial charge in [0.05, 0.1) is 0 Å². The number of benzene rings is 2. The van der Waals surface area contributed by atoms with E-state index in [9.17, 15) is 4.79 Å². The van der Waals surface area contributed by atoms with Crippen molar-refractivity contribution in [2.45, 2.75) is 13.0 Å². The molecule has 1 aromatic heterocycles. The van der Waals surface area contributed by atoms with Gasteiger partial charge >= 0.3 is 0 Å². The molecule has 2 heterocycles. The highest BCUT2D eigenvalue weighted by Gasteiger charge is 2.17. The molecule has 0 bridgehead atoms. The number of amides is 1. The fourth-order valence-corrected chi connectivity index (χ4v) is 4.13. The van der Waals surface area contributed by atoms with Gasteiger partial charge < -0.3 is 10.2 Å². The third kappa shape index (κ3) is 4.77. The molecule has 2 aromatic carbocycles. The van der Waals surface area contributed by atoms with Crippen molar-refractivity contribution in [3.8, 4) is 0 Å². The smallest absolute Gasteiger partial charge is 0.255 e. The Morgan fingerprint density at radius 3 is 2.57 bits per heavy atom. The number of nitrogens with zero attached hydrogens (tertiary/aromatic N) is 3. The number of para-hydroxylation sites is 1. The van der Waals surface area contributed by atoms with E-state index >= 15 is 0 Å². The predicted octanol–water partition coefficient (Wildman–Crippen LogP) is 4.11. The quantitative estimate of drug-likeness (QED) is 0.710. The summed E-state index contributed by atoms with van der Waals surface area (Å²) in [6, 6.07) is 17.5. The number of anilines is 2. The Labute approximate surface area is 169 Å². The Kier molecular flexibility index (Phi) is 5.99. The first-order valence-electron chi connectivity index (χ1n) is 9.60. The van der Waals surface area contributed by atoms with Gasteiger partial charge in [0.1, 0.15) is 0 Å². The topological polar surface area (TPSA) is 48.5 Å². The molecule has 0 spiro atoms. The van der Waals surface area contributed by atoms with E-state index in [2.05, 4.69) is 32.2 Å². The van der Waals surface area contributed by atoms with E-state index in [1.807, 2.05) is 54.0 Å². The van der Waals surface area contributed by atoms with E-state index in [1.165, 1.54) is 5.56 Å². The number of aromatic nitrogens is 1. The van der Waals surface area contributed by atoms with E-state index in [0.717, 1.165) is 50.0 Å². The number of carbonyl (C=O) groups is 1. The maximum Gasteiger partial charge on any atom is 0.255 e. The molecule has 6 heteroatoms. The molecule has 1 N–H and O–H groups in total. The fourth-order valence-electron chi connectivity index (χ4n) is 3.44. The molecule has 0 unspecified atom stereocenters. The number of hydrogen-bond donors (Lipinski definition) is 1. The van der Waals surface area contributed by atoms with Crippen LogP contribution in [0.5, 0.6) is 0 Å². The number of hydrogen-bond acceptors (Lipinski definition) is 5. The molecule has 1 amide bonds. The molecular weight excluding hydrogens is 368 g/mol. The molecule has 1 aliphatic rings. The van der Waals surface area contributed by atoms with Crippen molar-refractivity contribution in [3.63, 3.8) is 0 Å². The van der Waals surface area contributed by atoms with E-state index in [0.29, 0.717) is 5.56 Å². The van der Waals surface area contributed by atoms with Gasteiger partial charge in [-0.25, -0.2) is 4.98 Å². The molecule has 3 aromatic rings. The van der Waals surface area contributed by atoms with Gasteiger partial charge in [0.15, 0.2) is 5.13 Å². The van der Waals surface area contributed by atoms with Gasteiger partial charge in [-0.2, -0.15) is 0 Å². The summed E-state index contributed by atoms with van der Waals surface area (Å²) in [7, 11) is 0. The van der Waals surface area contributed by atoms with Crippen LogP contribution in [0.1, 0.15) is 22.3 Å². The van der Waals surface area contributed by atoms with Crippen molar-refractivity contribution < 1.29 is 4.79 Å². The minimum atomic E-state index is -0.0772. The van der Waals surface area contributed by atoms with Crippen molar-refractivity contribution in [1.29, 1.82) is 0 Å². The third-order valence-electron chi connectivity index (χ3n) is 4.93. The number of rotatable bonds is 5. The van der Waals surface area contributed by atoms with Crippen LogP contribution < -0.4 is 10.2 Å². The van der Waals surface area contributed by atoms with E-state index in [1.54, 1.807) is 11.3 Å². The molecule has 0 radical (unpaired) electrons. The summed E-state index contributed by atoms with van der Waals surface area (Å²) in [5.41, 5.74) is 2.73. The van der Waals surface area contributed by atoms with Gasteiger partial charge in [-0.1, -0.05) is 30.3 Å². The molecular formula is C22H24N4OS. The maximum atomic E-state index is 12.4. The van der Waals surface area contributed by atoms with Crippen LogP contribution in [0, 0.1) is 0 Å². The van der Waals surface area contributed by atoms with Crippen LogP contribution in [-0.2, 0) is 6.54 Å². The van der Waals surface area contributed by atoms with Crippen LogP contribution in [0.4, 0.5) is 10.8 Å². The summed E-state index contributed by atoms with van der Waals surface area (Å²) in [5.74, 6) is -0.0772. The van der Waals surface area contributed by atoms with Gasteiger partial charge in [-0.05, 0) is 36.2 Å². The molecule has 4 rings (SSSR count). The zero-order chi connectivity index (χ0) is 19.2. The van der Waals surface area contributed by atoms with Crippen molar-refractivity contribution in [3.05, 3.63) is 77.3 Å². The van der Waals surface area contributed by atoms with Gasteiger partial charge in [0.2, 0.25) is 0 Å². The summed E-state index contributed by atoms with van der Waals surface area (Å²) >= 11 is 1.71. The number of nitrogens with one attached hydrogen (secondary N) is 1. The molecule has 0 saturated carbocycles. The lowest BCUT2D eigenvalue weighted by Crippen LogP contribution is -2.30. The van der Waals surface area contributed by atoms with Crippen LogP contribution in [-0.4, -0.2) is 42.0 Å². The average molecular weight is 393 g/mol. The lowest BCUT2D eigenvalue weighted by atomic mass is 10.1. The first kappa shape index (κ1) is 18.7. The molecule has 1 saturated heterocycles. The van der Waals surface area contributed by atoms with Gasteiger partial charge in [-0.3, -0.25) is 9.69 Å². The van der Waals surface area contributed by atoms with Gasteiger partial charge in [-0.15, -0.1) is 11.3 Å². The van der Waals surface area contributed by atoms with Crippen LogP contribution in [0.3, 0.4) is 0 Å². The summed E-state index contributed by atoms with van der Waals surface area (Å²) in [4.78, 5) is 21.7. The third-order valence-corrected chi connectivity index (χ3v) is 5.76. The molecule has 1 aliphatic heterocycles. The van der Waals surface area contributed by atoms with Crippen LogP contribution in [0.2, 0.25) is 0 Å². The normalized spacial score (nSPS) is 15.2. The summed E-state index contributed by atoms with van der Waals surface area (Å²) < 4.78 is 0. The summed E-state index contributed by atoms with van der Waals surface area (Å²) in [6.45, 7) is 5.08. The Balaban J connectivity index is 1.32. The van der Waals surface area contributed by atoms with E-state index in [4.69, 9.17) is 0 Å². The Morgan fingerprint density at radius 1 is 1.00 bits per heavy atom. The maximum absolute atomic E-state index is 12.4. The minimum Gasteiger partial charge on any atom is -0.347 e. The number of thiazole rings is 1. The Morgan fingerprint density at radius 2 is 1.82 bits per heavy atom. The highest BCUT2D eigenvalue weighted by atomic mass is 32.1. The summed E-state index contributed by atoms with van der Waals surface area (Å²) in [6.07, 6.45) is 3.01. The fraction of sp³-hybridized carbons (Fsp3) is 0.273. The zero-order valence-corrected chi connectivity index (χ0v) is 16.6. The van der Waals surface area contributed by atoms with Crippen molar-refractivity contribution >= 4 is 28.1 Å². The molecule has 0 atom stereocenters. The zero-order valence-electron chi connectivity index (χ0n) is 15.8. The highest BCUT2D eigenvalue weighted by Crippen LogP contribution is 2.20. The Hall–Kier alpha value is -2.70. The largest absolute Gasteiger partial charge is 0.347 e. The van der Waals surface area contributed by atoms with Gasteiger partial charge in [0, 0.05) is 55.6 Å². The predicted molar refractivity (Wildman–Crippen MR) is 115 cm³/mol. The lowest BCUT2D eigenvalue weighted by molar-refractivity contribution is 0.102. The van der Waals surface area contributed by atoms with E-state index < -0.39 is 0 Å². The van der Waals surface area contributed by atoms with Crippen molar-refractivity contribution in [2.24, 2.45) is 0 Å². The average Bonchev–Trinajstić information content (AvgIpc) is 3.16. The molecule has 5 nitrogen and oxygen atoms in total. The van der Waals surface area contributed by atoms with Crippen molar-refractivity contribution in [1.82, 2.24) is 9.88 Å². The van der Waals surface area contributed by atoms with Crippen LogP contribution in [0.15, 0.2) is 66.2 Å². The number of carbonyl (C=O) groups excluding carboxylic acids is 1. The second-order valence-corrected chi connectivity index (χ2v) is 7.82. The SMILES string of the molecule is O=C(Nc1ccccc1)c1ccc(CN2CCCN(c3nccs3)CC2)cc1. The monoisotopic (exact) mass is 392 g/mol. The second kappa shape index (κ2) is 8.99. The minimum absolute atomic E-state index is 0.0772. The standard InChI is InChI=1S/C22H24N4OS/c27-21(24-20-5-2-1-3-6-20)19-9-7-18(8-10-19)17-25-12-4-13-26(15-14-25)22-23-11-16-28-22/h1-3,5-11,16H,4,12-15,17H2,(H,24,27). The second-order valence-electron chi connectivity index (χ2n) is 6.95. The molecule has 144 valence electrons. The Bertz CT molecular complexity index is 881. The van der Waals surface area contributed by atoms with Crippen LogP contribution >= 0.6 is 11.3 Å². The van der Waals surface area contributed by atoms with Gasteiger partial charge in [0.25, 0.3) is 5.91 Å². The van der Waals surface area contributed by atoms with Crippen LogP contribution in [0.25, 0.3) is 0 Å². The molecule has 0 aliphatic carbocycles. The summed E-state index contributed by atoms with van der Waals surface area (Å²) in [5, 5.41) is 6.08. The highest BCUT2D eigenvalue weighted by molar-refractivity contribution is 7.13.